The summed E-state index contributed by atoms with van der Waals surface area (Å²) in [7, 11) is 0. The van der Waals surface area contributed by atoms with Gasteiger partial charge in [-0.15, -0.1) is 0 Å². The fourth-order valence-corrected chi connectivity index (χ4v) is 1.95. The molecule has 0 bridgehead atoms. The summed E-state index contributed by atoms with van der Waals surface area (Å²) < 4.78 is 0. The molecule has 5 nitrogen and oxygen atoms in total. The largest absolute Gasteiger partial charge is 0.322 e. The number of hydrogen-bond donors (Lipinski definition) is 3. The molecule has 0 atom stereocenters. The van der Waals surface area contributed by atoms with Crippen LogP contribution in [0.15, 0.2) is 36.5 Å². The van der Waals surface area contributed by atoms with E-state index in [4.69, 9.17) is 5.84 Å². The molecule has 2 aromatic rings. The first-order chi connectivity index (χ1) is 9.10. The van der Waals surface area contributed by atoms with Gasteiger partial charge in [-0.1, -0.05) is 6.07 Å². The first-order valence-electron chi connectivity index (χ1n) is 5.91. The van der Waals surface area contributed by atoms with Crippen LogP contribution in [0.2, 0.25) is 0 Å². The Morgan fingerprint density at radius 3 is 2.53 bits per heavy atom. The van der Waals surface area contributed by atoms with E-state index in [0.717, 1.165) is 16.8 Å². The molecule has 0 saturated carbocycles. The summed E-state index contributed by atoms with van der Waals surface area (Å²) in [6, 6.07) is 9.23. The Morgan fingerprint density at radius 2 is 1.89 bits per heavy atom. The number of aryl methyl sites for hydroxylation is 2. The lowest BCUT2D eigenvalue weighted by Gasteiger charge is -2.10. The normalized spacial score (nSPS) is 10.1. The number of nitrogens with one attached hydrogen (secondary N) is 2. The zero-order valence-electron chi connectivity index (χ0n) is 10.9. The topological polar surface area (TPSA) is 80.0 Å². The van der Waals surface area contributed by atoms with E-state index >= 15 is 0 Å². The number of aromatic nitrogens is 1. The molecular weight excluding hydrogens is 240 g/mol. The van der Waals surface area contributed by atoms with E-state index in [2.05, 4.69) is 15.7 Å². The molecule has 0 radical (unpaired) electrons. The van der Waals surface area contributed by atoms with Crippen molar-refractivity contribution in [2.24, 2.45) is 5.84 Å². The van der Waals surface area contributed by atoms with Gasteiger partial charge in [0.15, 0.2) is 5.82 Å². The van der Waals surface area contributed by atoms with Crippen molar-refractivity contribution < 1.29 is 4.79 Å². The predicted octanol–water partition coefficient (Wildman–Crippen LogP) is 2.24. The smallest absolute Gasteiger partial charge is 0.259 e. The van der Waals surface area contributed by atoms with E-state index in [-0.39, 0.29) is 5.91 Å². The SMILES string of the molecule is Cc1cc(C)cc(NC(=O)c2cccnc2NN)c1. The predicted molar refractivity (Wildman–Crippen MR) is 75.9 cm³/mol. The molecule has 0 saturated heterocycles. The second-order valence-corrected chi connectivity index (χ2v) is 4.37. The van der Waals surface area contributed by atoms with Gasteiger partial charge in [0, 0.05) is 11.9 Å². The maximum Gasteiger partial charge on any atom is 0.259 e. The Kier molecular flexibility index (Phi) is 3.77. The second kappa shape index (κ2) is 5.49. The number of nitrogens with two attached hydrogens (primary N) is 1. The number of hydrazine groups is 1. The average Bonchev–Trinajstić information content (AvgIpc) is 2.37. The second-order valence-electron chi connectivity index (χ2n) is 4.37. The molecule has 0 fully saturated rings. The van der Waals surface area contributed by atoms with E-state index in [0.29, 0.717) is 11.4 Å². The van der Waals surface area contributed by atoms with Crippen molar-refractivity contribution in [3.05, 3.63) is 53.2 Å². The minimum absolute atomic E-state index is 0.244. The molecule has 1 aromatic carbocycles. The minimum Gasteiger partial charge on any atom is -0.322 e. The fourth-order valence-electron chi connectivity index (χ4n) is 1.95. The molecule has 0 spiro atoms. The fraction of sp³-hybridized carbons (Fsp3) is 0.143. The lowest BCUT2D eigenvalue weighted by atomic mass is 10.1. The van der Waals surface area contributed by atoms with Crippen molar-refractivity contribution in [3.8, 4) is 0 Å². The molecular formula is C14H16N4O. The Hall–Kier alpha value is -2.40. The van der Waals surface area contributed by atoms with Gasteiger partial charge in [0.05, 0.1) is 5.56 Å². The number of benzene rings is 1. The lowest BCUT2D eigenvalue weighted by Crippen LogP contribution is -2.18. The maximum atomic E-state index is 12.2. The van der Waals surface area contributed by atoms with E-state index in [9.17, 15) is 4.79 Å². The summed E-state index contributed by atoms with van der Waals surface area (Å²) in [4.78, 5) is 16.2. The third-order valence-electron chi connectivity index (χ3n) is 2.67. The summed E-state index contributed by atoms with van der Waals surface area (Å²) in [6.07, 6.45) is 1.57. The van der Waals surface area contributed by atoms with E-state index in [1.807, 2.05) is 32.0 Å². The van der Waals surface area contributed by atoms with E-state index < -0.39 is 0 Å². The highest BCUT2D eigenvalue weighted by Crippen LogP contribution is 2.17. The van der Waals surface area contributed by atoms with Crippen molar-refractivity contribution in [1.29, 1.82) is 0 Å². The summed E-state index contributed by atoms with van der Waals surface area (Å²) in [5.41, 5.74) is 5.77. The van der Waals surface area contributed by atoms with Crippen molar-refractivity contribution in [2.45, 2.75) is 13.8 Å². The first kappa shape index (κ1) is 13.0. The lowest BCUT2D eigenvalue weighted by molar-refractivity contribution is 0.102. The van der Waals surface area contributed by atoms with Crippen molar-refractivity contribution in [3.63, 3.8) is 0 Å². The van der Waals surface area contributed by atoms with Crippen LogP contribution in [-0.2, 0) is 0 Å². The molecule has 0 aliphatic rings. The minimum atomic E-state index is -0.244. The summed E-state index contributed by atoms with van der Waals surface area (Å²) in [6.45, 7) is 3.97. The maximum absolute atomic E-state index is 12.2. The number of hydrogen-bond acceptors (Lipinski definition) is 4. The molecule has 1 heterocycles. The van der Waals surface area contributed by atoms with Gasteiger partial charge in [0.1, 0.15) is 0 Å². The van der Waals surface area contributed by atoms with Crippen LogP contribution in [0.3, 0.4) is 0 Å². The van der Waals surface area contributed by atoms with Crippen LogP contribution in [0.4, 0.5) is 11.5 Å². The quantitative estimate of drug-likeness (QED) is 0.581. The monoisotopic (exact) mass is 256 g/mol. The summed E-state index contributed by atoms with van der Waals surface area (Å²) in [5.74, 6) is 5.44. The molecule has 2 rings (SSSR count). The number of amides is 1. The molecule has 1 amide bonds. The molecule has 0 aliphatic heterocycles. The number of pyridine rings is 1. The van der Waals surface area contributed by atoms with Gasteiger partial charge in [0.2, 0.25) is 0 Å². The van der Waals surface area contributed by atoms with Gasteiger partial charge >= 0.3 is 0 Å². The van der Waals surface area contributed by atoms with Crippen molar-refractivity contribution >= 4 is 17.4 Å². The van der Waals surface area contributed by atoms with Gasteiger partial charge in [-0.2, -0.15) is 0 Å². The number of anilines is 2. The molecule has 5 heteroatoms. The van der Waals surface area contributed by atoms with Gasteiger partial charge in [-0.05, 0) is 49.2 Å². The van der Waals surface area contributed by atoms with Crippen LogP contribution >= 0.6 is 0 Å². The molecule has 98 valence electrons. The molecule has 19 heavy (non-hydrogen) atoms. The van der Waals surface area contributed by atoms with Crippen LogP contribution in [0.5, 0.6) is 0 Å². The number of nitrogen functional groups attached to an aromatic ring is 1. The van der Waals surface area contributed by atoms with Crippen LogP contribution in [0, 0.1) is 13.8 Å². The zero-order valence-corrected chi connectivity index (χ0v) is 10.9. The summed E-state index contributed by atoms with van der Waals surface area (Å²) in [5, 5.41) is 2.84. The van der Waals surface area contributed by atoms with E-state index in [1.54, 1.807) is 18.3 Å². The molecule has 1 aromatic heterocycles. The number of carbonyl (C=O) groups is 1. The Morgan fingerprint density at radius 1 is 1.21 bits per heavy atom. The average molecular weight is 256 g/mol. The highest BCUT2D eigenvalue weighted by molar-refractivity contribution is 6.07. The standard InChI is InChI=1S/C14H16N4O/c1-9-6-10(2)8-11(7-9)17-14(19)12-4-3-5-16-13(12)18-15/h3-8H,15H2,1-2H3,(H,16,18)(H,17,19). The Bertz CT molecular complexity index is 590. The molecule has 0 aliphatic carbocycles. The zero-order chi connectivity index (χ0) is 13.8. The highest BCUT2D eigenvalue weighted by atomic mass is 16.1. The Balaban J connectivity index is 2.25. The number of nitrogens with zero attached hydrogens (tertiary/aromatic N) is 1. The van der Waals surface area contributed by atoms with Crippen molar-refractivity contribution in [2.75, 3.05) is 10.7 Å². The van der Waals surface area contributed by atoms with Gasteiger partial charge < -0.3 is 10.7 Å². The number of carbonyl (C=O) groups excluding carboxylic acids is 1. The first-order valence-corrected chi connectivity index (χ1v) is 5.91. The van der Waals surface area contributed by atoms with Gasteiger partial charge in [-0.25, -0.2) is 10.8 Å². The number of rotatable bonds is 3. The molecule has 0 unspecified atom stereocenters. The van der Waals surface area contributed by atoms with Gasteiger partial charge in [-0.3, -0.25) is 4.79 Å². The summed E-state index contributed by atoms with van der Waals surface area (Å²) >= 11 is 0. The third kappa shape index (κ3) is 3.08. The van der Waals surface area contributed by atoms with Gasteiger partial charge in [0.25, 0.3) is 5.91 Å². The third-order valence-corrected chi connectivity index (χ3v) is 2.67. The van der Waals surface area contributed by atoms with Crippen LogP contribution in [0.1, 0.15) is 21.5 Å². The van der Waals surface area contributed by atoms with Crippen LogP contribution < -0.4 is 16.6 Å². The highest BCUT2D eigenvalue weighted by Gasteiger charge is 2.11. The molecule has 4 N–H and O–H groups in total. The Labute approximate surface area is 111 Å². The van der Waals surface area contributed by atoms with Crippen molar-refractivity contribution in [1.82, 2.24) is 4.98 Å². The van der Waals surface area contributed by atoms with Crippen LogP contribution in [0.25, 0.3) is 0 Å². The van der Waals surface area contributed by atoms with Crippen LogP contribution in [-0.4, -0.2) is 10.9 Å². The van der Waals surface area contributed by atoms with E-state index in [1.165, 1.54) is 0 Å².